The largest absolute Gasteiger partial charge is 0.500 e. The van der Waals surface area contributed by atoms with Gasteiger partial charge in [0.25, 0.3) is 0 Å². The van der Waals surface area contributed by atoms with E-state index < -0.39 is 8.80 Å². The third kappa shape index (κ3) is 7.05. The molecule has 0 unspecified atom stereocenters. The van der Waals surface area contributed by atoms with Crippen molar-refractivity contribution >= 4 is 27.4 Å². The Morgan fingerprint density at radius 3 is 2.18 bits per heavy atom. The van der Waals surface area contributed by atoms with Crippen LogP contribution in [0.5, 0.6) is 0 Å². The van der Waals surface area contributed by atoms with Gasteiger partial charge >= 0.3 is 14.8 Å². The smallest absolute Gasteiger partial charge is 0.466 e. The van der Waals surface area contributed by atoms with Crippen LogP contribution < -0.4 is 0 Å². The van der Waals surface area contributed by atoms with Crippen molar-refractivity contribution in [2.24, 2.45) is 0 Å². The summed E-state index contributed by atoms with van der Waals surface area (Å²) in [6, 6.07) is 0.635. The number of ether oxygens (including phenoxy) is 1. The van der Waals surface area contributed by atoms with E-state index in [-0.39, 0.29) is 5.97 Å². The van der Waals surface area contributed by atoms with Crippen LogP contribution in [0.1, 0.15) is 19.3 Å². The number of carbonyl (C=O) groups is 1. The topological polar surface area (TPSA) is 54.0 Å². The molecule has 0 aromatic rings. The van der Waals surface area contributed by atoms with Crippen LogP contribution in [0, 0.1) is 0 Å². The lowest BCUT2D eigenvalue weighted by Gasteiger charge is -2.24. The monoisotopic (exact) mass is 282 g/mol. The summed E-state index contributed by atoms with van der Waals surface area (Å²) in [4.78, 5) is 11.2. The van der Waals surface area contributed by atoms with E-state index in [1.807, 2.05) is 0 Å². The minimum absolute atomic E-state index is 0.182. The Balaban J connectivity index is 3.71. The van der Waals surface area contributed by atoms with Gasteiger partial charge in [-0.3, -0.25) is 4.79 Å². The van der Waals surface area contributed by atoms with Gasteiger partial charge in [0.15, 0.2) is 0 Å². The van der Waals surface area contributed by atoms with Gasteiger partial charge in [0.05, 0.1) is 6.61 Å². The average molecular weight is 282 g/mol. The molecule has 0 aliphatic rings. The van der Waals surface area contributed by atoms with Gasteiger partial charge < -0.3 is 18.0 Å². The molecular formula is C10H22O5SSi. The second-order valence-electron chi connectivity index (χ2n) is 3.45. The first-order chi connectivity index (χ1) is 8.14. The molecule has 0 rings (SSSR count). The second-order valence-corrected chi connectivity index (χ2v) is 6.98. The highest BCUT2D eigenvalue weighted by Crippen LogP contribution is 2.14. The highest BCUT2D eigenvalue weighted by molar-refractivity contribution is 7.80. The van der Waals surface area contributed by atoms with Crippen LogP contribution in [0.3, 0.4) is 0 Å². The van der Waals surface area contributed by atoms with Crippen molar-refractivity contribution < 1.29 is 22.8 Å². The SMILES string of the molecule is CO[Si](CCCOC(=O)CCCS)(OC)OC. The van der Waals surface area contributed by atoms with Crippen LogP contribution in [0.15, 0.2) is 0 Å². The molecular weight excluding hydrogens is 260 g/mol. The average Bonchev–Trinajstić information content (AvgIpc) is 2.37. The lowest BCUT2D eigenvalue weighted by Crippen LogP contribution is -2.42. The zero-order valence-corrected chi connectivity index (χ0v) is 12.6. The summed E-state index contributed by atoms with van der Waals surface area (Å²) >= 11 is 4.03. The Bertz CT molecular complexity index is 203. The fourth-order valence-electron chi connectivity index (χ4n) is 1.33. The Labute approximate surface area is 110 Å². The molecule has 0 aromatic heterocycles. The van der Waals surface area contributed by atoms with Crippen molar-refractivity contribution in [2.75, 3.05) is 33.7 Å². The fraction of sp³-hybridized carbons (Fsp3) is 0.900. The number of thiol groups is 1. The first kappa shape index (κ1) is 16.9. The van der Waals surface area contributed by atoms with E-state index in [0.29, 0.717) is 31.2 Å². The molecule has 0 amide bonds. The van der Waals surface area contributed by atoms with E-state index in [9.17, 15) is 4.79 Å². The maximum Gasteiger partial charge on any atom is 0.500 e. The highest BCUT2D eigenvalue weighted by Gasteiger charge is 2.36. The van der Waals surface area contributed by atoms with Crippen LogP contribution in [-0.2, 0) is 22.8 Å². The minimum Gasteiger partial charge on any atom is -0.466 e. The van der Waals surface area contributed by atoms with Crippen LogP contribution in [0.25, 0.3) is 0 Å². The van der Waals surface area contributed by atoms with Gasteiger partial charge in [0.1, 0.15) is 0 Å². The zero-order valence-electron chi connectivity index (χ0n) is 10.7. The van der Waals surface area contributed by atoms with E-state index in [1.165, 1.54) is 0 Å². The fourth-order valence-corrected chi connectivity index (χ4v) is 3.17. The van der Waals surface area contributed by atoms with Gasteiger partial charge in [-0.1, -0.05) is 0 Å². The Kier molecular flexibility index (Phi) is 9.85. The number of hydrogen-bond acceptors (Lipinski definition) is 6. The van der Waals surface area contributed by atoms with Crippen molar-refractivity contribution in [1.29, 1.82) is 0 Å². The van der Waals surface area contributed by atoms with E-state index in [1.54, 1.807) is 21.3 Å². The number of rotatable bonds is 10. The highest BCUT2D eigenvalue weighted by atomic mass is 32.1. The van der Waals surface area contributed by atoms with Crippen LogP contribution in [0.4, 0.5) is 0 Å². The molecule has 0 atom stereocenters. The lowest BCUT2D eigenvalue weighted by molar-refractivity contribution is -0.143. The zero-order chi connectivity index (χ0) is 13.1. The summed E-state index contributed by atoms with van der Waals surface area (Å²) in [5.74, 6) is 0.515. The van der Waals surface area contributed by atoms with Crippen molar-refractivity contribution in [2.45, 2.75) is 25.3 Å². The third-order valence-electron chi connectivity index (χ3n) is 2.36. The second kappa shape index (κ2) is 9.90. The molecule has 0 heterocycles. The standard InChI is InChI=1S/C10H22O5SSi/c1-12-17(13-2,14-3)9-5-7-15-10(11)6-4-8-16/h16H,4-9H2,1-3H3. The number of carbonyl (C=O) groups excluding carboxylic acids is 1. The summed E-state index contributed by atoms with van der Waals surface area (Å²) in [5, 5.41) is 0. The quantitative estimate of drug-likeness (QED) is 0.285. The van der Waals surface area contributed by atoms with E-state index >= 15 is 0 Å². The van der Waals surface area contributed by atoms with Crippen LogP contribution in [0.2, 0.25) is 6.04 Å². The van der Waals surface area contributed by atoms with E-state index in [2.05, 4.69) is 12.6 Å². The van der Waals surface area contributed by atoms with Gasteiger partial charge in [-0.05, 0) is 18.6 Å². The Hall–Kier alpha value is -0.0831. The maximum absolute atomic E-state index is 11.2. The van der Waals surface area contributed by atoms with Gasteiger partial charge in [-0.2, -0.15) is 12.6 Å². The molecule has 0 aliphatic carbocycles. The molecule has 0 fully saturated rings. The van der Waals surface area contributed by atoms with Crippen molar-refractivity contribution in [1.82, 2.24) is 0 Å². The predicted octanol–water partition coefficient (Wildman–Crippen LogP) is 1.51. The summed E-state index contributed by atoms with van der Waals surface area (Å²) in [5.41, 5.74) is 0. The molecule has 0 radical (unpaired) electrons. The van der Waals surface area contributed by atoms with E-state index in [0.717, 1.165) is 6.42 Å². The van der Waals surface area contributed by atoms with Crippen molar-refractivity contribution in [3.8, 4) is 0 Å². The molecule has 0 bridgehead atoms. The minimum atomic E-state index is -2.52. The van der Waals surface area contributed by atoms with Gasteiger partial charge in [-0.15, -0.1) is 0 Å². The molecule has 0 saturated heterocycles. The normalized spacial score (nSPS) is 11.5. The summed E-state index contributed by atoms with van der Waals surface area (Å²) in [7, 11) is 2.18. The van der Waals surface area contributed by atoms with E-state index in [4.69, 9.17) is 18.0 Å². The van der Waals surface area contributed by atoms with Crippen molar-refractivity contribution in [3.63, 3.8) is 0 Å². The van der Waals surface area contributed by atoms with Gasteiger partial charge in [0, 0.05) is 33.8 Å². The lowest BCUT2D eigenvalue weighted by atomic mass is 10.3. The summed E-state index contributed by atoms with van der Waals surface area (Å²) in [6.45, 7) is 0.371. The molecule has 0 aliphatic heterocycles. The molecule has 0 saturated carbocycles. The molecule has 102 valence electrons. The molecule has 0 spiro atoms. The predicted molar refractivity (Wildman–Crippen MR) is 70.3 cm³/mol. The summed E-state index contributed by atoms with van der Waals surface area (Å²) < 4.78 is 20.8. The first-order valence-corrected chi connectivity index (χ1v) is 8.12. The Morgan fingerprint density at radius 1 is 1.12 bits per heavy atom. The number of hydrogen-bond donors (Lipinski definition) is 1. The third-order valence-corrected chi connectivity index (χ3v) is 5.51. The first-order valence-electron chi connectivity index (χ1n) is 5.56. The molecule has 0 aromatic carbocycles. The Morgan fingerprint density at radius 2 is 1.71 bits per heavy atom. The van der Waals surface area contributed by atoms with Crippen LogP contribution >= 0.6 is 12.6 Å². The molecule has 0 N–H and O–H groups in total. The molecule has 5 nitrogen and oxygen atoms in total. The molecule has 17 heavy (non-hydrogen) atoms. The number of esters is 1. The maximum atomic E-state index is 11.2. The van der Waals surface area contributed by atoms with Crippen molar-refractivity contribution in [3.05, 3.63) is 0 Å². The van der Waals surface area contributed by atoms with Crippen LogP contribution in [-0.4, -0.2) is 48.5 Å². The molecule has 7 heteroatoms. The van der Waals surface area contributed by atoms with Gasteiger partial charge in [-0.25, -0.2) is 0 Å². The van der Waals surface area contributed by atoms with Gasteiger partial charge in [0.2, 0.25) is 0 Å². The summed E-state index contributed by atoms with van der Waals surface area (Å²) in [6.07, 6.45) is 1.84.